The smallest absolute Gasteiger partial charge is 0.133 e. The van der Waals surface area contributed by atoms with Gasteiger partial charge in [-0.3, -0.25) is 0 Å². The molecule has 1 N–H and O–H groups in total. The van der Waals surface area contributed by atoms with Crippen LogP contribution >= 0.6 is 0 Å². The van der Waals surface area contributed by atoms with Gasteiger partial charge >= 0.3 is 0 Å². The molecular formula is C29H39N3O2. The van der Waals surface area contributed by atoms with Crippen molar-refractivity contribution < 1.29 is 9.26 Å². The number of imidazole rings is 1. The summed E-state index contributed by atoms with van der Waals surface area (Å²) >= 11 is 0. The van der Waals surface area contributed by atoms with Crippen LogP contribution < -0.4 is 4.74 Å². The van der Waals surface area contributed by atoms with Crippen LogP contribution in [-0.4, -0.2) is 22.2 Å². The molecule has 0 saturated heterocycles. The number of hydrogen-bond acceptors (Lipinski definition) is 4. The highest BCUT2D eigenvalue weighted by molar-refractivity contribution is 5.73. The van der Waals surface area contributed by atoms with Gasteiger partial charge in [0, 0.05) is 18.1 Å². The minimum Gasteiger partial charge on any atom is -0.496 e. The number of aromatic amines is 1. The number of H-pyrrole nitrogens is 1. The molecule has 5 nitrogen and oxygen atoms in total. The van der Waals surface area contributed by atoms with Crippen LogP contribution in [0.2, 0.25) is 0 Å². The normalized spacial score (nSPS) is 11.4. The van der Waals surface area contributed by atoms with E-state index in [9.17, 15) is 0 Å². The average molecular weight is 462 g/mol. The molecule has 0 aliphatic heterocycles. The number of rotatable bonds is 12. The lowest BCUT2D eigenvalue weighted by Crippen LogP contribution is -1.93. The third-order valence-electron chi connectivity index (χ3n) is 6.33. The summed E-state index contributed by atoms with van der Waals surface area (Å²) in [5.41, 5.74) is 8.11. The van der Waals surface area contributed by atoms with Gasteiger partial charge in [-0.25, -0.2) is 4.98 Å². The van der Waals surface area contributed by atoms with E-state index in [2.05, 4.69) is 67.1 Å². The highest BCUT2D eigenvalue weighted by Gasteiger charge is 2.12. The van der Waals surface area contributed by atoms with Gasteiger partial charge in [-0.1, -0.05) is 47.7 Å². The van der Waals surface area contributed by atoms with E-state index in [1.54, 1.807) is 7.11 Å². The van der Waals surface area contributed by atoms with Crippen molar-refractivity contribution in [1.29, 1.82) is 0 Å². The minimum atomic E-state index is 0.867. The average Bonchev–Trinajstić information content (AvgIpc) is 3.45. The summed E-state index contributed by atoms with van der Waals surface area (Å²) in [5, 5.41) is 4.06. The number of allylic oxidation sites excluding steroid dienone is 3. The number of methoxy groups -OCH3 is 1. The molecule has 0 amide bonds. The van der Waals surface area contributed by atoms with Gasteiger partial charge in [0.15, 0.2) is 0 Å². The number of aromatic nitrogens is 3. The first-order chi connectivity index (χ1) is 16.4. The van der Waals surface area contributed by atoms with Gasteiger partial charge in [0.05, 0.1) is 24.7 Å². The van der Waals surface area contributed by atoms with E-state index in [1.165, 1.54) is 41.5 Å². The van der Waals surface area contributed by atoms with Crippen molar-refractivity contribution >= 4 is 6.08 Å². The molecule has 0 radical (unpaired) electrons. The molecule has 34 heavy (non-hydrogen) atoms. The number of benzene rings is 1. The molecule has 182 valence electrons. The highest BCUT2D eigenvalue weighted by Crippen LogP contribution is 2.32. The summed E-state index contributed by atoms with van der Waals surface area (Å²) in [6.07, 6.45) is 14.2. The van der Waals surface area contributed by atoms with Gasteiger partial charge in [-0.15, -0.1) is 0 Å². The van der Waals surface area contributed by atoms with E-state index >= 15 is 0 Å². The zero-order valence-electron chi connectivity index (χ0n) is 21.6. The van der Waals surface area contributed by atoms with Crippen LogP contribution in [0.25, 0.3) is 17.3 Å². The van der Waals surface area contributed by atoms with Crippen LogP contribution in [0.1, 0.15) is 81.3 Å². The second-order valence-electron chi connectivity index (χ2n) is 9.37. The first-order valence-electron chi connectivity index (χ1n) is 12.3. The second kappa shape index (κ2) is 12.4. The molecular weight excluding hydrogens is 422 g/mol. The van der Waals surface area contributed by atoms with Crippen molar-refractivity contribution in [3.05, 3.63) is 70.0 Å². The molecule has 0 fully saturated rings. The SMILES string of the molecule is COc1cc(C)c(/C=C\C(C)=C(C)C)cc1-c1cnc(CCCCCCCc2cc(C)on2)[nH]1. The topological polar surface area (TPSA) is 63.9 Å². The Morgan fingerprint density at radius 3 is 2.41 bits per heavy atom. The Morgan fingerprint density at radius 2 is 1.74 bits per heavy atom. The molecule has 3 aromatic rings. The molecule has 0 aliphatic rings. The van der Waals surface area contributed by atoms with Gasteiger partial charge < -0.3 is 14.2 Å². The van der Waals surface area contributed by atoms with Crippen molar-refractivity contribution in [2.45, 2.75) is 79.6 Å². The molecule has 0 aliphatic carbocycles. The van der Waals surface area contributed by atoms with Gasteiger partial charge in [-0.05, 0) is 77.1 Å². The summed E-state index contributed by atoms with van der Waals surface area (Å²) < 4.78 is 10.8. The first-order valence-corrected chi connectivity index (χ1v) is 12.3. The van der Waals surface area contributed by atoms with E-state index < -0.39 is 0 Å². The van der Waals surface area contributed by atoms with Crippen LogP contribution in [-0.2, 0) is 12.8 Å². The fraction of sp³-hybridized carbons (Fsp3) is 0.448. The molecule has 1 aromatic carbocycles. The first kappa shape index (κ1) is 25.5. The Labute approximate surface area is 204 Å². The molecule has 0 saturated carbocycles. The fourth-order valence-electron chi connectivity index (χ4n) is 3.93. The quantitative estimate of drug-likeness (QED) is 0.221. The lowest BCUT2D eigenvalue weighted by molar-refractivity contribution is 0.389. The predicted octanol–water partition coefficient (Wildman–Crippen LogP) is 7.80. The van der Waals surface area contributed by atoms with Gasteiger partial charge in [0.1, 0.15) is 17.3 Å². The summed E-state index contributed by atoms with van der Waals surface area (Å²) in [6, 6.07) is 6.32. The van der Waals surface area contributed by atoms with Crippen LogP contribution in [0.15, 0.2) is 46.1 Å². The van der Waals surface area contributed by atoms with E-state index in [0.29, 0.717) is 0 Å². The van der Waals surface area contributed by atoms with Crippen LogP contribution in [0.3, 0.4) is 0 Å². The van der Waals surface area contributed by atoms with Crippen molar-refractivity contribution in [1.82, 2.24) is 15.1 Å². The fourth-order valence-corrected chi connectivity index (χ4v) is 3.93. The molecule has 5 heteroatoms. The van der Waals surface area contributed by atoms with E-state index in [1.807, 2.05) is 19.2 Å². The van der Waals surface area contributed by atoms with E-state index in [0.717, 1.165) is 60.0 Å². The van der Waals surface area contributed by atoms with E-state index in [4.69, 9.17) is 9.26 Å². The Bertz CT molecular complexity index is 1130. The van der Waals surface area contributed by atoms with Crippen molar-refractivity contribution in [2.24, 2.45) is 0 Å². The van der Waals surface area contributed by atoms with Gasteiger partial charge in [0.25, 0.3) is 0 Å². The molecule has 0 spiro atoms. The number of nitrogens with zero attached hydrogens (tertiary/aromatic N) is 2. The third-order valence-corrected chi connectivity index (χ3v) is 6.33. The van der Waals surface area contributed by atoms with Gasteiger partial charge in [0.2, 0.25) is 0 Å². The number of unbranched alkanes of at least 4 members (excludes halogenated alkanes) is 4. The molecule has 0 atom stereocenters. The summed E-state index contributed by atoms with van der Waals surface area (Å²) in [4.78, 5) is 8.15. The number of nitrogens with one attached hydrogen (secondary N) is 1. The van der Waals surface area contributed by atoms with Crippen molar-refractivity contribution in [3.8, 4) is 17.0 Å². The van der Waals surface area contributed by atoms with Crippen LogP contribution in [0, 0.1) is 13.8 Å². The standard InChI is InChI=1S/C29H39N3O2/c1-20(2)21(3)14-15-24-18-26(28(33-6)16-22(24)4)27-19-30-29(31-27)13-11-9-7-8-10-12-25-17-23(5)34-32-25/h14-19H,7-13H2,1-6H3,(H,30,31)/b15-14-. The third kappa shape index (κ3) is 7.21. The molecule has 0 bridgehead atoms. The lowest BCUT2D eigenvalue weighted by Gasteiger charge is -2.11. The number of hydrogen-bond donors (Lipinski definition) is 1. The summed E-state index contributed by atoms with van der Waals surface area (Å²) in [6.45, 7) is 10.5. The zero-order valence-corrected chi connectivity index (χ0v) is 21.6. The van der Waals surface area contributed by atoms with Crippen LogP contribution in [0.4, 0.5) is 0 Å². The minimum absolute atomic E-state index is 0.867. The summed E-state index contributed by atoms with van der Waals surface area (Å²) in [7, 11) is 1.72. The lowest BCUT2D eigenvalue weighted by atomic mass is 10.0. The maximum absolute atomic E-state index is 5.69. The van der Waals surface area contributed by atoms with Crippen LogP contribution in [0.5, 0.6) is 5.75 Å². The van der Waals surface area contributed by atoms with Crippen molar-refractivity contribution in [2.75, 3.05) is 7.11 Å². The highest BCUT2D eigenvalue weighted by atomic mass is 16.5. The van der Waals surface area contributed by atoms with Gasteiger partial charge in [-0.2, -0.15) is 0 Å². The monoisotopic (exact) mass is 461 g/mol. The second-order valence-corrected chi connectivity index (χ2v) is 9.37. The zero-order chi connectivity index (χ0) is 24.5. The largest absolute Gasteiger partial charge is 0.496 e. The Hall–Kier alpha value is -3.08. The Morgan fingerprint density at radius 1 is 1.00 bits per heavy atom. The Balaban J connectivity index is 1.55. The molecule has 3 rings (SSSR count). The molecule has 2 heterocycles. The van der Waals surface area contributed by atoms with Crippen molar-refractivity contribution in [3.63, 3.8) is 0 Å². The van der Waals surface area contributed by atoms with E-state index in [-0.39, 0.29) is 0 Å². The summed E-state index contributed by atoms with van der Waals surface area (Å²) in [5.74, 6) is 2.79. The maximum Gasteiger partial charge on any atom is 0.133 e. The molecule has 2 aromatic heterocycles. The predicted molar refractivity (Wildman–Crippen MR) is 140 cm³/mol. The molecule has 0 unspecified atom stereocenters. The number of aryl methyl sites for hydroxylation is 4. The maximum atomic E-state index is 5.69. The Kier molecular flexibility index (Phi) is 9.32. The number of ether oxygens (including phenoxy) is 1.